The van der Waals surface area contributed by atoms with E-state index in [1.807, 2.05) is 11.3 Å². The van der Waals surface area contributed by atoms with Gasteiger partial charge in [-0.3, -0.25) is 0 Å². The molecule has 1 aromatic heterocycles. The van der Waals surface area contributed by atoms with Crippen LogP contribution in [-0.4, -0.2) is 11.5 Å². The van der Waals surface area contributed by atoms with E-state index < -0.39 is 0 Å². The minimum absolute atomic E-state index is 0.642. The predicted octanol–water partition coefficient (Wildman–Crippen LogP) is 8.92. The average molecular weight is 438 g/mol. The molecule has 0 nitrogen and oxygen atoms in total. The fourth-order valence-corrected chi connectivity index (χ4v) is 7.06. The van der Waals surface area contributed by atoms with Gasteiger partial charge in [0.25, 0.3) is 0 Å². The molecule has 0 radical (unpaired) electrons. The highest BCUT2D eigenvalue weighted by Crippen LogP contribution is 2.44. The van der Waals surface area contributed by atoms with E-state index in [1.165, 1.54) is 84.4 Å². The fraction of sp³-hybridized carbons (Fsp3) is 0.789. The van der Waals surface area contributed by atoms with Gasteiger partial charge in [-0.25, -0.2) is 0 Å². The molecule has 0 spiro atoms. The summed E-state index contributed by atoms with van der Waals surface area (Å²) < 4.78 is 1.91. The van der Waals surface area contributed by atoms with Gasteiger partial charge < -0.3 is 0 Å². The second kappa shape index (κ2) is 15.2. The minimum atomic E-state index is 0.642. The summed E-state index contributed by atoms with van der Waals surface area (Å²) in [4.78, 5) is 1.54. The maximum Gasteiger partial charge on any atom is 0.0843 e. The van der Waals surface area contributed by atoms with E-state index in [0.717, 1.165) is 0 Å². The van der Waals surface area contributed by atoms with E-state index in [0.29, 0.717) is 4.58 Å². The Morgan fingerprint density at radius 2 is 1.35 bits per heavy atom. The van der Waals surface area contributed by atoms with Crippen LogP contribution in [0.15, 0.2) is 15.9 Å². The van der Waals surface area contributed by atoms with Crippen molar-refractivity contribution in [3.63, 3.8) is 0 Å². The van der Waals surface area contributed by atoms with Crippen molar-refractivity contribution >= 4 is 50.8 Å². The number of rotatable bonds is 15. The van der Waals surface area contributed by atoms with Crippen molar-refractivity contribution in [2.45, 2.75) is 82.6 Å². The van der Waals surface area contributed by atoms with Crippen LogP contribution in [-0.2, 0) is 0 Å². The van der Waals surface area contributed by atoms with Crippen LogP contribution in [0.5, 0.6) is 0 Å². The van der Waals surface area contributed by atoms with E-state index in [9.17, 15) is 0 Å². The molecule has 23 heavy (non-hydrogen) atoms. The summed E-state index contributed by atoms with van der Waals surface area (Å²) >= 11 is 9.87. The molecular weight excluding hydrogens is 404 g/mol. The summed E-state index contributed by atoms with van der Waals surface area (Å²) in [6.07, 6.45) is 13.9. The number of hydrogen-bond donors (Lipinski definition) is 0. The molecule has 1 aromatic rings. The zero-order valence-corrected chi connectivity index (χ0v) is 18.9. The number of unbranched alkanes of at least 4 members (excludes halogenated alkanes) is 8. The van der Waals surface area contributed by atoms with E-state index in [2.05, 4.69) is 65.4 Å². The Labute approximate surface area is 165 Å². The molecule has 0 amide bonds. The van der Waals surface area contributed by atoms with E-state index >= 15 is 0 Å². The standard InChI is InChI=1S/C19H33BrS3/c1-3-5-7-9-11-15-21-19(17-13-14-18(20)23-17)22-16-12-10-8-6-4-2/h13-14,19H,3-12,15-16H2,1-2H3. The van der Waals surface area contributed by atoms with Gasteiger partial charge in [-0.2, -0.15) is 0 Å². The van der Waals surface area contributed by atoms with Crippen molar-refractivity contribution in [1.82, 2.24) is 0 Å². The first-order chi connectivity index (χ1) is 11.3. The third-order valence-corrected chi connectivity index (χ3v) is 8.83. The average Bonchev–Trinajstić information content (AvgIpc) is 2.98. The minimum Gasteiger partial charge on any atom is -0.142 e. The summed E-state index contributed by atoms with van der Waals surface area (Å²) in [6.45, 7) is 4.58. The number of hydrogen-bond acceptors (Lipinski definition) is 3. The third-order valence-electron chi connectivity index (χ3n) is 3.86. The van der Waals surface area contributed by atoms with E-state index in [4.69, 9.17) is 0 Å². The molecule has 0 N–H and O–H groups in total. The summed E-state index contributed by atoms with van der Waals surface area (Å²) in [5, 5.41) is 0. The third kappa shape index (κ3) is 11.2. The highest BCUT2D eigenvalue weighted by molar-refractivity contribution is 9.11. The highest BCUT2D eigenvalue weighted by Gasteiger charge is 2.14. The van der Waals surface area contributed by atoms with Crippen molar-refractivity contribution < 1.29 is 0 Å². The predicted molar refractivity (Wildman–Crippen MR) is 117 cm³/mol. The summed E-state index contributed by atoms with van der Waals surface area (Å²) in [5.74, 6) is 2.62. The van der Waals surface area contributed by atoms with Crippen molar-refractivity contribution in [1.29, 1.82) is 0 Å². The molecular formula is C19H33BrS3. The van der Waals surface area contributed by atoms with Crippen LogP contribution >= 0.6 is 50.8 Å². The Morgan fingerprint density at radius 1 is 0.826 bits per heavy atom. The lowest BCUT2D eigenvalue weighted by Gasteiger charge is -2.15. The lowest BCUT2D eigenvalue weighted by atomic mass is 10.2. The molecule has 134 valence electrons. The number of thiophene rings is 1. The molecule has 0 unspecified atom stereocenters. The first kappa shape index (κ1) is 21.9. The van der Waals surface area contributed by atoms with Crippen molar-refractivity contribution in [2.75, 3.05) is 11.5 Å². The van der Waals surface area contributed by atoms with Crippen LogP contribution in [0, 0.1) is 0 Å². The smallest absolute Gasteiger partial charge is 0.0843 e. The van der Waals surface area contributed by atoms with Crippen LogP contribution in [0.25, 0.3) is 0 Å². The molecule has 4 heteroatoms. The summed E-state index contributed by atoms with van der Waals surface area (Å²) in [7, 11) is 0. The van der Waals surface area contributed by atoms with Crippen LogP contribution < -0.4 is 0 Å². The van der Waals surface area contributed by atoms with Gasteiger partial charge in [-0.05, 0) is 52.4 Å². The fourth-order valence-electron chi connectivity index (χ4n) is 2.46. The van der Waals surface area contributed by atoms with Gasteiger partial charge in [0.05, 0.1) is 8.37 Å². The maximum atomic E-state index is 3.62. The number of halogens is 1. The zero-order valence-electron chi connectivity index (χ0n) is 14.8. The SMILES string of the molecule is CCCCCCCSC(SCCCCCCC)c1ccc(Br)s1. The lowest BCUT2D eigenvalue weighted by Crippen LogP contribution is -1.92. The Kier molecular flexibility index (Phi) is 14.4. The molecule has 1 rings (SSSR count). The van der Waals surface area contributed by atoms with Gasteiger partial charge >= 0.3 is 0 Å². The first-order valence-electron chi connectivity index (χ1n) is 9.26. The van der Waals surface area contributed by atoms with Crippen molar-refractivity contribution in [3.05, 3.63) is 20.8 Å². The Morgan fingerprint density at radius 3 is 1.78 bits per heavy atom. The molecule has 1 heterocycles. The second-order valence-corrected chi connectivity index (χ2v) is 11.3. The molecule has 0 saturated heterocycles. The molecule has 0 aliphatic heterocycles. The van der Waals surface area contributed by atoms with Crippen molar-refractivity contribution in [2.24, 2.45) is 0 Å². The summed E-state index contributed by atoms with van der Waals surface area (Å²) in [5.41, 5.74) is 0. The molecule has 0 fully saturated rings. The van der Waals surface area contributed by atoms with Crippen LogP contribution in [0.3, 0.4) is 0 Å². The molecule has 0 atom stereocenters. The zero-order chi connectivity index (χ0) is 16.8. The van der Waals surface area contributed by atoms with Crippen molar-refractivity contribution in [3.8, 4) is 0 Å². The van der Waals surface area contributed by atoms with E-state index in [-0.39, 0.29) is 0 Å². The molecule has 0 aromatic carbocycles. The molecule has 0 aliphatic carbocycles. The largest absolute Gasteiger partial charge is 0.142 e. The quantitative estimate of drug-likeness (QED) is 0.198. The Balaban J connectivity index is 2.26. The van der Waals surface area contributed by atoms with Crippen LogP contribution in [0.1, 0.15) is 87.5 Å². The highest BCUT2D eigenvalue weighted by atomic mass is 79.9. The van der Waals surface area contributed by atoms with Gasteiger partial charge in [0.1, 0.15) is 0 Å². The second-order valence-electron chi connectivity index (χ2n) is 6.04. The summed E-state index contributed by atoms with van der Waals surface area (Å²) in [6, 6.07) is 4.52. The van der Waals surface area contributed by atoms with Gasteiger partial charge in [0.15, 0.2) is 0 Å². The molecule has 0 saturated carbocycles. The monoisotopic (exact) mass is 436 g/mol. The Hall–Kier alpha value is 0.880. The van der Waals surface area contributed by atoms with Crippen LogP contribution in [0.4, 0.5) is 0 Å². The lowest BCUT2D eigenvalue weighted by molar-refractivity contribution is 0.659. The van der Waals surface area contributed by atoms with E-state index in [1.54, 1.807) is 0 Å². The topological polar surface area (TPSA) is 0 Å². The normalized spacial score (nSPS) is 11.5. The number of thioether (sulfide) groups is 2. The van der Waals surface area contributed by atoms with Gasteiger partial charge in [0.2, 0.25) is 0 Å². The van der Waals surface area contributed by atoms with Crippen LogP contribution in [0.2, 0.25) is 0 Å². The molecule has 0 bridgehead atoms. The molecule has 0 aliphatic rings. The van der Waals surface area contributed by atoms with Gasteiger partial charge in [0, 0.05) is 4.88 Å². The maximum absolute atomic E-state index is 3.62. The Bertz CT molecular complexity index is 362. The van der Waals surface area contributed by atoms with Gasteiger partial charge in [-0.1, -0.05) is 65.2 Å². The first-order valence-corrected chi connectivity index (χ1v) is 13.0. The van der Waals surface area contributed by atoms with Gasteiger partial charge in [-0.15, -0.1) is 34.9 Å².